The number of ether oxygens (including phenoxy) is 4. The number of nitrogens with zero attached hydrogens (tertiary/aromatic N) is 4. The molecule has 0 aliphatic heterocycles. The van der Waals surface area contributed by atoms with Crippen LogP contribution in [0.3, 0.4) is 0 Å². The van der Waals surface area contributed by atoms with E-state index in [-0.39, 0.29) is 19.1 Å². The summed E-state index contributed by atoms with van der Waals surface area (Å²) in [5.74, 6) is 2.58. The van der Waals surface area contributed by atoms with Crippen molar-refractivity contribution < 1.29 is 23.7 Å². The van der Waals surface area contributed by atoms with Crippen molar-refractivity contribution in [2.45, 2.75) is 26.9 Å². The monoisotopic (exact) mass is 491 g/mol. The second-order valence-electron chi connectivity index (χ2n) is 8.20. The van der Waals surface area contributed by atoms with Crippen molar-refractivity contribution in [1.82, 2.24) is 25.1 Å². The van der Waals surface area contributed by atoms with Gasteiger partial charge in [0.05, 0.1) is 26.3 Å². The van der Waals surface area contributed by atoms with E-state index in [4.69, 9.17) is 18.9 Å². The lowest BCUT2D eigenvalue weighted by molar-refractivity contribution is -0.127. The molecule has 2 aromatic heterocycles. The average molecular weight is 492 g/mol. The molecule has 4 rings (SSSR count). The van der Waals surface area contributed by atoms with Gasteiger partial charge in [-0.2, -0.15) is 4.52 Å². The predicted molar refractivity (Wildman–Crippen MR) is 134 cm³/mol. The molecule has 0 spiro atoms. The van der Waals surface area contributed by atoms with Crippen LogP contribution in [0.1, 0.15) is 18.1 Å². The van der Waals surface area contributed by atoms with Gasteiger partial charge in [0.15, 0.2) is 17.6 Å². The number of amides is 1. The SMILES string of the molecule is COc1ccc(OC)c(-c2nnc3ccc(OCCNC(=O)C(C)Oc4cc(C)ccc4C)nn23)c1. The van der Waals surface area contributed by atoms with Crippen LogP contribution >= 0.6 is 0 Å². The molecule has 10 nitrogen and oxygen atoms in total. The molecule has 10 heteroatoms. The summed E-state index contributed by atoms with van der Waals surface area (Å²) in [6, 6.07) is 14.8. The minimum atomic E-state index is -0.641. The van der Waals surface area contributed by atoms with Gasteiger partial charge in [-0.05, 0) is 62.2 Å². The van der Waals surface area contributed by atoms with Gasteiger partial charge in [0, 0.05) is 6.07 Å². The van der Waals surface area contributed by atoms with Crippen molar-refractivity contribution >= 4 is 11.6 Å². The fourth-order valence-corrected chi connectivity index (χ4v) is 3.56. The number of fused-ring (bicyclic) bond motifs is 1. The highest BCUT2D eigenvalue weighted by atomic mass is 16.5. The lowest BCUT2D eigenvalue weighted by Crippen LogP contribution is -2.38. The molecule has 2 heterocycles. The Labute approximate surface area is 209 Å². The van der Waals surface area contributed by atoms with Gasteiger partial charge in [0.1, 0.15) is 23.9 Å². The summed E-state index contributed by atoms with van der Waals surface area (Å²) in [4.78, 5) is 12.5. The molecule has 0 aliphatic carbocycles. The third kappa shape index (κ3) is 5.48. The van der Waals surface area contributed by atoms with E-state index in [1.807, 2.05) is 38.1 Å². The first-order valence-electron chi connectivity index (χ1n) is 11.5. The van der Waals surface area contributed by atoms with Crippen molar-refractivity contribution in [1.29, 1.82) is 0 Å². The van der Waals surface area contributed by atoms with Gasteiger partial charge < -0.3 is 24.3 Å². The lowest BCUT2D eigenvalue weighted by Gasteiger charge is -2.16. The molecule has 1 atom stereocenters. The maximum atomic E-state index is 12.5. The third-order valence-electron chi connectivity index (χ3n) is 5.55. The van der Waals surface area contributed by atoms with Crippen LogP contribution in [0.2, 0.25) is 0 Å². The number of rotatable bonds is 10. The number of hydrogen-bond acceptors (Lipinski definition) is 8. The van der Waals surface area contributed by atoms with Crippen LogP contribution < -0.4 is 24.3 Å². The molecule has 0 fully saturated rings. The van der Waals surface area contributed by atoms with Crippen molar-refractivity contribution in [3.8, 4) is 34.5 Å². The van der Waals surface area contributed by atoms with Gasteiger partial charge in [-0.25, -0.2) is 0 Å². The number of methoxy groups -OCH3 is 2. The standard InChI is InChI=1S/C26H29N5O5/c1-16-6-7-17(2)22(14-16)36-18(3)26(32)27-12-13-35-24-11-10-23-28-29-25(31(23)30-24)20-15-19(33-4)8-9-21(20)34-5/h6-11,14-15,18H,12-13H2,1-5H3,(H,27,32). The Hall–Kier alpha value is -4.34. The van der Waals surface area contributed by atoms with Crippen LogP contribution in [0.15, 0.2) is 48.5 Å². The van der Waals surface area contributed by atoms with E-state index in [0.29, 0.717) is 40.2 Å². The number of aromatic nitrogens is 4. The molecule has 1 amide bonds. The molecule has 0 saturated carbocycles. The molecule has 36 heavy (non-hydrogen) atoms. The first-order valence-corrected chi connectivity index (χ1v) is 11.5. The summed E-state index contributed by atoms with van der Waals surface area (Å²) < 4.78 is 24.0. The van der Waals surface area contributed by atoms with E-state index in [1.165, 1.54) is 0 Å². The Morgan fingerprint density at radius 3 is 2.61 bits per heavy atom. The molecule has 2 aromatic carbocycles. The predicted octanol–water partition coefficient (Wildman–Crippen LogP) is 3.39. The van der Waals surface area contributed by atoms with Crippen LogP contribution in [0.5, 0.6) is 23.1 Å². The number of carbonyl (C=O) groups is 1. The van der Waals surface area contributed by atoms with Crippen LogP contribution in [0, 0.1) is 13.8 Å². The lowest BCUT2D eigenvalue weighted by atomic mass is 10.1. The molecular weight excluding hydrogens is 462 g/mol. The molecule has 1 N–H and O–H groups in total. The Bertz CT molecular complexity index is 1370. The topological polar surface area (TPSA) is 109 Å². The quantitative estimate of drug-likeness (QED) is 0.336. The summed E-state index contributed by atoms with van der Waals surface area (Å²) in [5, 5.41) is 15.8. The van der Waals surface area contributed by atoms with E-state index in [9.17, 15) is 4.79 Å². The fourth-order valence-electron chi connectivity index (χ4n) is 3.56. The Balaban J connectivity index is 1.38. The van der Waals surface area contributed by atoms with Crippen LogP contribution in [-0.4, -0.2) is 59.2 Å². The van der Waals surface area contributed by atoms with Gasteiger partial charge in [-0.1, -0.05) is 12.1 Å². The van der Waals surface area contributed by atoms with Crippen molar-refractivity contribution in [3.63, 3.8) is 0 Å². The largest absolute Gasteiger partial charge is 0.497 e. The third-order valence-corrected chi connectivity index (χ3v) is 5.55. The first kappa shape index (κ1) is 24.8. The number of carbonyl (C=O) groups excluding carboxylic acids is 1. The van der Waals surface area contributed by atoms with Gasteiger partial charge in [0.25, 0.3) is 5.91 Å². The van der Waals surface area contributed by atoms with Crippen molar-refractivity contribution in [3.05, 3.63) is 59.7 Å². The fraction of sp³-hybridized carbons (Fsp3) is 0.308. The summed E-state index contributed by atoms with van der Waals surface area (Å²) in [5.41, 5.74) is 3.28. The van der Waals surface area contributed by atoms with Crippen LogP contribution in [-0.2, 0) is 4.79 Å². The number of nitrogens with one attached hydrogen (secondary N) is 1. The molecule has 0 bridgehead atoms. The van der Waals surface area contributed by atoms with E-state index in [2.05, 4.69) is 20.6 Å². The summed E-state index contributed by atoms with van der Waals surface area (Å²) >= 11 is 0. The zero-order chi connectivity index (χ0) is 25.7. The second kappa shape index (κ2) is 10.9. The summed E-state index contributed by atoms with van der Waals surface area (Å²) in [6.07, 6.45) is -0.641. The summed E-state index contributed by atoms with van der Waals surface area (Å²) in [6.45, 7) is 6.16. The normalized spacial score (nSPS) is 11.7. The highest BCUT2D eigenvalue weighted by molar-refractivity contribution is 5.80. The van der Waals surface area contributed by atoms with E-state index >= 15 is 0 Å². The first-order chi connectivity index (χ1) is 17.4. The number of hydrogen-bond donors (Lipinski definition) is 1. The smallest absolute Gasteiger partial charge is 0.260 e. The molecule has 0 aliphatic rings. The van der Waals surface area contributed by atoms with Gasteiger partial charge in [-0.3, -0.25) is 4.79 Å². The van der Waals surface area contributed by atoms with E-state index in [0.717, 1.165) is 11.1 Å². The molecule has 188 valence electrons. The van der Waals surface area contributed by atoms with Crippen LogP contribution in [0.4, 0.5) is 0 Å². The maximum absolute atomic E-state index is 12.5. The Kier molecular flexibility index (Phi) is 7.53. The minimum Gasteiger partial charge on any atom is -0.497 e. The second-order valence-corrected chi connectivity index (χ2v) is 8.20. The molecular formula is C26H29N5O5. The Morgan fingerprint density at radius 1 is 1.00 bits per heavy atom. The number of benzene rings is 2. The minimum absolute atomic E-state index is 0.223. The van der Waals surface area contributed by atoms with Gasteiger partial charge in [-0.15, -0.1) is 15.3 Å². The number of aryl methyl sites for hydroxylation is 2. The van der Waals surface area contributed by atoms with Gasteiger partial charge >= 0.3 is 0 Å². The maximum Gasteiger partial charge on any atom is 0.260 e. The zero-order valence-electron chi connectivity index (χ0n) is 20.9. The van der Waals surface area contributed by atoms with E-state index in [1.54, 1.807) is 49.9 Å². The molecule has 4 aromatic rings. The average Bonchev–Trinajstić information content (AvgIpc) is 3.31. The molecule has 1 unspecified atom stereocenters. The summed E-state index contributed by atoms with van der Waals surface area (Å²) in [7, 11) is 3.17. The van der Waals surface area contributed by atoms with Crippen LogP contribution in [0.25, 0.3) is 17.0 Å². The van der Waals surface area contributed by atoms with E-state index < -0.39 is 6.10 Å². The van der Waals surface area contributed by atoms with Crippen molar-refractivity contribution in [2.75, 3.05) is 27.4 Å². The highest BCUT2D eigenvalue weighted by Gasteiger charge is 2.17. The molecule has 0 saturated heterocycles. The molecule has 0 radical (unpaired) electrons. The Morgan fingerprint density at radius 2 is 1.83 bits per heavy atom. The van der Waals surface area contributed by atoms with Crippen molar-refractivity contribution in [2.24, 2.45) is 0 Å². The zero-order valence-corrected chi connectivity index (χ0v) is 20.9. The van der Waals surface area contributed by atoms with Gasteiger partial charge in [0.2, 0.25) is 5.88 Å². The highest BCUT2D eigenvalue weighted by Crippen LogP contribution is 2.32.